The molecule has 9 heteroatoms. The first-order chi connectivity index (χ1) is 13.4. The van der Waals surface area contributed by atoms with Gasteiger partial charge in [-0.2, -0.15) is 0 Å². The Morgan fingerprint density at radius 2 is 1.52 bits per heavy atom. The molecule has 1 rings (SSSR count). The van der Waals surface area contributed by atoms with Crippen molar-refractivity contribution in [2.75, 3.05) is 13.2 Å². The van der Waals surface area contributed by atoms with Gasteiger partial charge in [0.05, 0.1) is 12.1 Å². The predicted molar refractivity (Wildman–Crippen MR) is 108 cm³/mol. The zero-order chi connectivity index (χ0) is 22.1. The second-order valence-corrected chi connectivity index (χ2v) is 8.00. The second-order valence-electron chi connectivity index (χ2n) is 8.00. The number of aliphatic imine (C=N–C) groups is 1. The number of amides is 2. The highest BCUT2D eigenvalue weighted by Crippen LogP contribution is 2.08. The minimum Gasteiger partial charge on any atom is -0.460 e. The van der Waals surface area contributed by atoms with Crippen molar-refractivity contribution in [2.45, 2.75) is 52.7 Å². The molecule has 0 atom stereocenters. The Hall–Kier alpha value is -3.10. The molecule has 1 aromatic carbocycles. The highest BCUT2D eigenvalue weighted by atomic mass is 16.6. The van der Waals surface area contributed by atoms with Crippen molar-refractivity contribution in [1.29, 1.82) is 0 Å². The number of rotatable bonds is 4. The molecule has 0 radical (unpaired) electrons. The van der Waals surface area contributed by atoms with Crippen LogP contribution in [0.15, 0.2) is 35.3 Å². The Morgan fingerprint density at radius 3 is 2.07 bits per heavy atom. The molecule has 2 amide bonds. The van der Waals surface area contributed by atoms with E-state index in [1.807, 2.05) is 0 Å². The zero-order valence-corrected chi connectivity index (χ0v) is 17.7. The van der Waals surface area contributed by atoms with Crippen LogP contribution < -0.4 is 10.6 Å². The third-order valence-corrected chi connectivity index (χ3v) is 2.85. The van der Waals surface area contributed by atoms with Gasteiger partial charge >= 0.3 is 18.2 Å². The maximum absolute atomic E-state index is 12.0. The van der Waals surface area contributed by atoms with Crippen molar-refractivity contribution in [3.05, 3.63) is 35.9 Å². The number of nitrogens with zero attached hydrogens (tertiary/aromatic N) is 1. The van der Waals surface area contributed by atoms with Crippen LogP contribution in [0.2, 0.25) is 0 Å². The van der Waals surface area contributed by atoms with E-state index in [4.69, 9.17) is 14.2 Å². The highest BCUT2D eigenvalue weighted by molar-refractivity contribution is 5.98. The average molecular weight is 407 g/mol. The van der Waals surface area contributed by atoms with Crippen LogP contribution >= 0.6 is 0 Å². The Balaban J connectivity index is 2.66. The first kappa shape index (κ1) is 23.9. The van der Waals surface area contributed by atoms with Crippen molar-refractivity contribution < 1.29 is 28.6 Å². The molecule has 2 N–H and O–H groups in total. The molecule has 29 heavy (non-hydrogen) atoms. The van der Waals surface area contributed by atoms with Gasteiger partial charge in [-0.3, -0.25) is 5.32 Å². The average Bonchev–Trinajstić information content (AvgIpc) is 2.55. The smallest absolute Gasteiger partial charge is 0.437 e. The Kier molecular flexibility index (Phi) is 8.62. The molecule has 0 aliphatic heterocycles. The number of carbonyl (C=O) groups is 3. The van der Waals surface area contributed by atoms with Gasteiger partial charge in [0.15, 0.2) is 0 Å². The highest BCUT2D eigenvalue weighted by Gasteiger charge is 2.20. The van der Waals surface area contributed by atoms with Gasteiger partial charge in [-0.15, -0.1) is 4.99 Å². The van der Waals surface area contributed by atoms with Crippen molar-refractivity contribution in [2.24, 2.45) is 4.99 Å². The van der Waals surface area contributed by atoms with E-state index in [9.17, 15) is 14.4 Å². The standard InChI is InChI=1S/C20H29N3O6/c1-19(2,3)28-17(25)22-16(23-18(26)29-20(4,5)6)21-12-13-27-15(24)14-10-8-7-9-11-14/h7-11H,12-13H2,1-6H3,(H2,21,22,23,25,26). The quantitative estimate of drug-likeness (QED) is 0.259. The van der Waals surface area contributed by atoms with E-state index in [1.165, 1.54) is 0 Å². The number of ether oxygens (including phenoxy) is 3. The molecule has 160 valence electrons. The van der Waals surface area contributed by atoms with E-state index in [0.717, 1.165) is 0 Å². The maximum atomic E-state index is 12.0. The number of esters is 1. The maximum Gasteiger partial charge on any atom is 0.437 e. The second kappa shape index (κ2) is 10.4. The summed E-state index contributed by atoms with van der Waals surface area (Å²) in [6.45, 7) is 10.3. The minimum atomic E-state index is -0.891. The van der Waals surface area contributed by atoms with E-state index < -0.39 is 29.4 Å². The predicted octanol–water partition coefficient (Wildman–Crippen LogP) is 3.25. The van der Waals surface area contributed by atoms with Crippen LogP contribution in [-0.2, 0) is 14.2 Å². The molecule has 0 heterocycles. The van der Waals surface area contributed by atoms with Gasteiger partial charge in [-0.25, -0.2) is 14.4 Å². The van der Waals surface area contributed by atoms with Crippen LogP contribution in [0.3, 0.4) is 0 Å². The number of alkyl carbamates (subject to hydrolysis) is 1. The van der Waals surface area contributed by atoms with Crippen molar-refractivity contribution in [3.8, 4) is 0 Å². The molecule has 0 saturated heterocycles. The van der Waals surface area contributed by atoms with Crippen LogP contribution in [0, 0.1) is 0 Å². The van der Waals surface area contributed by atoms with Crippen molar-refractivity contribution in [3.63, 3.8) is 0 Å². The fourth-order valence-corrected chi connectivity index (χ4v) is 1.86. The van der Waals surface area contributed by atoms with E-state index >= 15 is 0 Å². The van der Waals surface area contributed by atoms with E-state index in [2.05, 4.69) is 15.6 Å². The molecule has 0 bridgehead atoms. The number of hydrogen-bond acceptors (Lipinski definition) is 6. The summed E-state index contributed by atoms with van der Waals surface area (Å²) in [5.74, 6) is -0.664. The molecule has 0 aliphatic rings. The van der Waals surface area contributed by atoms with Crippen LogP contribution in [0.5, 0.6) is 0 Å². The lowest BCUT2D eigenvalue weighted by Gasteiger charge is -2.21. The van der Waals surface area contributed by atoms with E-state index in [-0.39, 0.29) is 19.1 Å². The summed E-state index contributed by atoms with van der Waals surface area (Å²) in [7, 11) is 0. The lowest BCUT2D eigenvalue weighted by molar-refractivity contribution is 0.0502. The van der Waals surface area contributed by atoms with Gasteiger partial charge in [-0.1, -0.05) is 18.2 Å². The molecule has 0 saturated carbocycles. The van der Waals surface area contributed by atoms with Gasteiger partial charge in [-0.05, 0) is 53.7 Å². The molecule has 0 aromatic heterocycles. The number of carbonyl (C=O) groups excluding carboxylic acids is 3. The first-order valence-electron chi connectivity index (χ1n) is 9.13. The Labute approximate surface area is 170 Å². The van der Waals surface area contributed by atoms with E-state index in [0.29, 0.717) is 5.56 Å². The van der Waals surface area contributed by atoms with Crippen LogP contribution in [-0.4, -0.2) is 48.5 Å². The fourth-order valence-electron chi connectivity index (χ4n) is 1.86. The number of benzene rings is 1. The van der Waals surface area contributed by atoms with Crippen molar-refractivity contribution in [1.82, 2.24) is 10.6 Å². The molecular formula is C20H29N3O6. The van der Waals surface area contributed by atoms with Gasteiger partial charge in [0.1, 0.15) is 17.8 Å². The summed E-state index contributed by atoms with van der Waals surface area (Å²) in [6.07, 6.45) is -1.69. The molecule has 0 unspecified atom stereocenters. The Morgan fingerprint density at radius 1 is 0.931 bits per heavy atom. The fraction of sp³-hybridized carbons (Fsp3) is 0.500. The summed E-state index contributed by atoms with van der Waals surface area (Å²) in [5, 5.41) is 5.07. The topological polar surface area (TPSA) is 115 Å². The monoisotopic (exact) mass is 407 g/mol. The largest absolute Gasteiger partial charge is 0.460 e. The molecule has 0 spiro atoms. The third kappa shape index (κ3) is 11.4. The summed E-state index contributed by atoms with van der Waals surface area (Å²) in [4.78, 5) is 39.5. The molecule has 0 fully saturated rings. The lowest BCUT2D eigenvalue weighted by Crippen LogP contribution is -2.45. The van der Waals surface area contributed by atoms with Crippen molar-refractivity contribution >= 4 is 24.1 Å². The van der Waals surface area contributed by atoms with Crippen LogP contribution in [0.25, 0.3) is 0 Å². The number of hydrogen-bond donors (Lipinski definition) is 2. The van der Waals surface area contributed by atoms with Gasteiger partial charge in [0, 0.05) is 0 Å². The molecule has 0 aliphatic carbocycles. The Bertz CT molecular complexity index is 733. The van der Waals surface area contributed by atoms with Gasteiger partial charge in [0.2, 0.25) is 5.96 Å². The summed E-state index contributed by atoms with van der Waals surface area (Å²) < 4.78 is 15.4. The normalized spacial score (nSPS) is 12.0. The van der Waals surface area contributed by atoms with Gasteiger partial charge in [0.25, 0.3) is 0 Å². The minimum absolute atomic E-state index is 0.0168. The first-order valence-corrected chi connectivity index (χ1v) is 9.13. The van der Waals surface area contributed by atoms with Gasteiger partial charge < -0.3 is 19.5 Å². The summed E-state index contributed by atoms with van der Waals surface area (Å²) in [5.41, 5.74) is -1.06. The molecule has 1 aromatic rings. The summed E-state index contributed by atoms with van der Waals surface area (Å²) in [6, 6.07) is 8.51. The SMILES string of the molecule is CC(C)(C)OC(=O)N=C(NCCOC(=O)c1ccccc1)NC(=O)OC(C)(C)C. The molecule has 9 nitrogen and oxygen atoms in total. The van der Waals surface area contributed by atoms with Crippen LogP contribution in [0.1, 0.15) is 51.9 Å². The number of nitrogens with one attached hydrogen (secondary N) is 2. The third-order valence-electron chi connectivity index (χ3n) is 2.85. The number of guanidine groups is 1. The van der Waals surface area contributed by atoms with E-state index in [1.54, 1.807) is 71.9 Å². The van der Waals surface area contributed by atoms with Crippen LogP contribution in [0.4, 0.5) is 9.59 Å². The summed E-state index contributed by atoms with van der Waals surface area (Å²) >= 11 is 0. The molecular weight excluding hydrogens is 378 g/mol. The lowest BCUT2D eigenvalue weighted by atomic mass is 10.2. The zero-order valence-electron chi connectivity index (χ0n) is 17.7.